The first-order valence-corrected chi connectivity index (χ1v) is 10.3. The van der Waals surface area contributed by atoms with E-state index in [2.05, 4.69) is 5.32 Å². The number of carbonyl (C=O) groups excluding carboxylic acids is 2. The lowest BCUT2D eigenvalue weighted by Crippen LogP contribution is -2.45. The highest BCUT2D eigenvalue weighted by molar-refractivity contribution is 6.36. The minimum atomic E-state index is -0.190. The molecule has 1 fully saturated rings. The van der Waals surface area contributed by atoms with Gasteiger partial charge in [0.15, 0.2) is 0 Å². The third-order valence-electron chi connectivity index (χ3n) is 5.11. The van der Waals surface area contributed by atoms with Crippen molar-refractivity contribution in [2.45, 2.75) is 26.2 Å². The molecule has 1 heterocycles. The third-order valence-corrected chi connectivity index (χ3v) is 5.82. The highest BCUT2D eigenvalue weighted by Crippen LogP contribution is 2.24. The molecule has 6 heteroatoms. The van der Waals surface area contributed by atoms with Crippen molar-refractivity contribution < 1.29 is 9.59 Å². The first kappa shape index (κ1) is 20.7. The zero-order valence-electron chi connectivity index (χ0n) is 15.9. The smallest absolute Gasteiger partial charge is 0.253 e. The molecule has 2 aromatic carbocycles. The Balaban J connectivity index is 1.54. The molecule has 2 amide bonds. The number of hydrogen-bond acceptors (Lipinski definition) is 2. The zero-order chi connectivity index (χ0) is 20.1. The predicted molar refractivity (Wildman–Crippen MR) is 113 cm³/mol. The molecule has 0 spiro atoms. The zero-order valence-corrected chi connectivity index (χ0v) is 17.4. The van der Waals surface area contributed by atoms with Gasteiger partial charge in [-0.25, -0.2) is 0 Å². The Morgan fingerprint density at radius 3 is 2.46 bits per heavy atom. The number of nitrogens with one attached hydrogen (secondary N) is 1. The molecular weight excluding hydrogens is 395 g/mol. The van der Waals surface area contributed by atoms with Crippen LogP contribution in [0, 0.1) is 12.8 Å². The Kier molecular flexibility index (Phi) is 6.97. The molecule has 1 aliphatic rings. The normalized spacial score (nSPS) is 16.7. The summed E-state index contributed by atoms with van der Waals surface area (Å²) in [7, 11) is 0. The molecule has 1 saturated heterocycles. The van der Waals surface area contributed by atoms with E-state index < -0.39 is 0 Å². The maximum absolute atomic E-state index is 12.7. The van der Waals surface area contributed by atoms with Crippen LogP contribution in [0.4, 0.5) is 0 Å². The van der Waals surface area contributed by atoms with Crippen LogP contribution in [-0.2, 0) is 11.2 Å². The molecular formula is C22H24Cl2N2O2. The minimum absolute atomic E-state index is 0.0136. The lowest BCUT2D eigenvalue weighted by Gasteiger charge is -2.32. The summed E-state index contributed by atoms with van der Waals surface area (Å²) in [5.74, 6) is -0.227. The molecule has 0 aromatic heterocycles. The standard InChI is InChI=1S/C22H24Cl2N2O2/c1-15-7-9-16(10-8-15)22(28)26-13-3-4-17(14-26)21(27)25-12-11-18-19(23)5-2-6-20(18)24/h2,5-10,17H,3-4,11-14H2,1H3,(H,25,27). The molecule has 0 aliphatic carbocycles. The molecule has 3 rings (SSSR count). The average Bonchev–Trinajstić information content (AvgIpc) is 2.70. The van der Waals surface area contributed by atoms with Gasteiger partial charge in [-0.1, -0.05) is 47.0 Å². The van der Waals surface area contributed by atoms with Crippen molar-refractivity contribution in [3.05, 3.63) is 69.2 Å². The van der Waals surface area contributed by atoms with Gasteiger partial charge in [0, 0.05) is 35.2 Å². The Morgan fingerprint density at radius 2 is 1.79 bits per heavy atom. The van der Waals surface area contributed by atoms with E-state index >= 15 is 0 Å². The van der Waals surface area contributed by atoms with Crippen molar-refractivity contribution >= 4 is 35.0 Å². The van der Waals surface area contributed by atoms with Gasteiger partial charge in [-0.3, -0.25) is 9.59 Å². The van der Waals surface area contributed by atoms with E-state index in [0.29, 0.717) is 41.7 Å². The van der Waals surface area contributed by atoms with Gasteiger partial charge in [0.1, 0.15) is 0 Å². The maximum Gasteiger partial charge on any atom is 0.253 e. The number of rotatable bonds is 5. The summed E-state index contributed by atoms with van der Waals surface area (Å²) < 4.78 is 0. The summed E-state index contributed by atoms with van der Waals surface area (Å²) in [6.45, 7) is 3.59. The topological polar surface area (TPSA) is 49.4 Å². The summed E-state index contributed by atoms with van der Waals surface area (Å²) in [5, 5.41) is 4.18. The molecule has 4 nitrogen and oxygen atoms in total. The molecule has 0 saturated carbocycles. The van der Waals surface area contributed by atoms with E-state index in [9.17, 15) is 9.59 Å². The average molecular weight is 419 g/mol. The van der Waals surface area contributed by atoms with Crippen LogP contribution < -0.4 is 5.32 Å². The number of nitrogens with zero attached hydrogens (tertiary/aromatic N) is 1. The minimum Gasteiger partial charge on any atom is -0.355 e. The van der Waals surface area contributed by atoms with Crippen LogP contribution in [0.3, 0.4) is 0 Å². The number of halogens is 2. The number of likely N-dealkylation sites (tertiary alicyclic amines) is 1. The summed E-state index contributed by atoms with van der Waals surface area (Å²) in [5.41, 5.74) is 2.62. The largest absolute Gasteiger partial charge is 0.355 e. The van der Waals surface area contributed by atoms with Gasteiger partial charge >= 0.3 is 0 Å². The number of piperidine rings is 1. The molecule has 28 heavy (non-hydrogen) atoms. The van der Waals surface area contributed by atoms with Crippen molar-refractivity contribution in [3.63, 3.8) is 0 Å². The molecule has 1 aliphatic heterocycles. The van der Waals surface area contributed by atoms with Gasteiger partial charge in [0.25, 0.3) is 5.91 Å². The fourth-order valence-corrected chi connectivity index (χ4v) is 4.07. The Hall–Kier alpha value is -2.04. The molecule has 1 atom stereocenters. The van der Waals surface area contributed by atoms with E-state index in [1.165, 1.54) is 0 Å². The SMILES string of the molecule is Cc1ccc(C(=O)N2CCCC(C(=O)NCCc3c(Cl)cccc3Cl)C2)cc1. The van der Waals surface area contributed by atoms with Crippen LogP contribution in [0.25, 0.3) is 0 Å². The van der Waals surface area contributed by atoms with E-state index in [1.54, 1.807) is 23.1 Å². The summed E-state index contributed by atoms with van der Waals surface area (Å²) in [4.78, 5) is 27.1. The highest BCUT2D eigenvalue weighted by atomic mass is 35.5. The van der Waals surface area contributed by atoms with Crippen LogP contribution >= 0.6 is 23.2 Å². The summed E-state index contributed by atoms with van der Waals surface area (Å²) >= 11 is 12.3. The molecule has 0 radical (unpaired) electrons. The molecule has 2 aromatic rings. The number of benzene rings is 2. The fourth-order valence-electron chi connectivity index (χ4n) is 3.48. The van der Waals surface area contributed by atoms with Crippen LogP contribution in [-0.4, -0.2) is 36.3 Å². The Bertz CT molecular complexity index is 832. The van der Waals surface area contributed by atoms with Crippen LogP contribution in [0.5, 0.6) is 0 Å². The van der Waals surface area contributed by atoms with Crippen molar-refractivity contribution in [3.8, 4) is 0 Å². The monoisotopic (exact) mass is 418 g/mol. The number of carbonyl (C=O) groups is 2. The van der Waals surface area contributed by atoms with Gasteiger partial charge in [0.05, 0.1) is 5.92 Å². The van der Waals surface area contributed by atoms with Gasteiger partial charge in [-0.05, 0) is 56.0 Å². The van der Waals surface area contributed by atoms with E-state index in [1.807, 2.05) is 31.2 Å². The van der Waals surface area contributed by atoms with Gasteiger partial charge in [-0.15, -0.1) is 0 Å². The van der Waals surface area contributed by atoms with Gasteiger partial charge < -0.3 is 10.2 Å². The van der Waals surface area contributed by atoms with Crippen molar-refractivity contribution in [1.29, 1.82) is 0 Å². The third kappa shape index (κ3) is 5.06. The summed E-state index contributed by atoms with van der Waals surface area (Å²) in [6.07, 6.45) is 2.19. The maximum atomic E-state index is 12.7. The van der Waals surface area contributed by atoms with Crippen molar-refractivity contribution in [2.24, 2.45) is 5.92 Å². The molecule has 1 unspecified atom stereocenters. The molecule has 1 N–H and O–H groups in total. The van der Waals surface area contributed by atoms with Crippen molar-refractivity contribution in [2.75, 3.05) is 19.6 Å². The first-order valence-electron chi connectivity index (χ1n) is 9.52. The van der Waals surface area contributed by atoms with Gasteiger partial charge in [0.2, 0.25) is 5.91 Å². The quantitative estimate of drug-likeness (QED) is 0.775. The molecule has 148 valence electrons. The first-order chi connectivity index (χ1) is 13.5. The second-order valence-corrected chi connectivity index (χ2v) is 8.01. The van der Waals surface area contributed by atoms with E-state index in [0.717, 1.165) is 24.0 Å². The Morgan fingerprint density at radius 1 is 1.11 bits per heavy atom. The lowest BCUT2D eigenvalue weighted by molar-refractivity contribution is -0.126. The second kappa shape index (κ2) is 9.44. The fraction of sp³-hybridized carbons (Fsp3) is 0.364. The number of aryl methyl sites for hydroxylation is 1. The van der Waals surface area contributed by atoms with E-state index in [4.69, 9.17) is 23.2 Å². The van der Waals surface area contributed by atoms with Gasteiger partial charge in [-0.2, -0.15) is 0 Å². The van der Waals surface area contributed by atoms with Crippen LogP contribution in [0.1, 0.15) is 34.3 Å². The second-order valence-electron chi connectivity index (χ2n) is 7.20. The predicted octanol–water partition coefficient (Wildman–Crippen LogP) is 4.51. The highest BCUT2D eigenvalue weighted by Gasteiger charge is 2.28. The van der Waals surface area contributed by atoms with E-state index in [-0.39, 0.29) is 17.7 Å². The van der Waals surface area contributed by atoms with Crippen LogP contribution in [0.15, 0.2) is 42.5 Å². The van der Waals surface area contributed by atoms with Crippen LogP contribution in [0.2, 0.25) is 10.0 Å². The molecule has 0 bridgehead atoms. The van der Waals surface area contributed by atoms with Crippen molar-refractivity contribution in [1.82, 2.24) is 10.2 Å². The summed E-state index contributed by atoms with van der Waals surface area (Å²) in [6, 6.07) is 12.9. The number of hydrogen-bond donors (Lipinski definition) is 1. The number of amides is 2. The Labute approximate surface area is 175 Å². The lowest BCUT2D eigenvalue weighted by atomic mass is 9.96.